The summed E-state index contributed by atoms with van der Waals surface area (Å²) < 4.78 is 12.1. The molecule has 0 radical (unpaired) electrons. The monoisotopic (exact) mass is 327 g/mol. The van der Waals surface area contributed by atoms with E-state index in [1.165, 1.54) is 5.57 Å². The van der Waals surface area contributed by atoms with Crippen LogP contribution in [0.25, 0.3) is 0 Å². The number of carbonyl (C=O) groups excluding carboxylic acids is 1. The summed E-state index contributed by atoms with van der Waals surface area (Å²) in [4.78, 5) is 14.5. The average Bonchev–Trinajstić information content (AvgIpc) is 2.71. The third-order valence-corrected chi connectivity index (χ3v) is 6.32. The van der Waals surface area contributed by atoms with E-state index < -0.39 is 0 Å². The van der Waals surface area contributed by atoms with Crippen LogP contribution in [0.3, 0.4) is 0 Å². The summed E-state index contributed by atoms with van der Waals surface area (Å²) in [5, 5.41) is 0. The molecule has 0 aromatic rings. The summed E-state index contributed by atoms with van der Waals surface area (Å²) in [6.45, 7) is 5.22. The molecule has 6 atom stereocenters. The molecule has 2 aliphatic heterocycles. The highest BCUT2D eigenvalue weighted by Crippen LogP contribution is 2.67. The largest absolute Gasteiger partial charge is 0.461 e. The Labute approximate surface area is 138 Å². The molecule has 1 saturated carbocycles. The SMILES string of the molecule is CC1=CC[C@]23O[C@@]2(C)CC[C@H]2C(CN(C)C)C(=O)O[C@@H]2[C@@H]13.Cl. The summed E-state index contributed by atoms with van der Waals surface area (Å²) in [5.41, 5.74) is 1.27. The fraction of sp³-hybridized carbons (Fsp3) is 0.824. The number of rotatable bonds is 2. The lowest BCUT2D eigenvalue weighted by atomic mass is 9.77. The number of fused-ring (bicyclic) bond motifs is 2. The van der Waals surface area contributed by atoms with Crippen molar-refractivity contribution in [2.75, 3.05) is 20.6 Å². The summed E-state index contributed by atoms with van der Waals surface area (Å²) in [7, 11) is 4.06. The van der Waals surface area contributed by atoms with Crippen LogP contribution in [0.5, 0.6) is 0 Å². The zero-order valence-electron chi connectivity index (χ0n) is 13.8. The van der Waals surface area contributed by atoms with Crippen molar-refractivity contribution in [2.45, 2.75) is 50.4 Å². The van der Waals surface area contributed by atoms with Crippen LogP contribution < -0.4 is 0 Å². The van der Waals surface area contributed by atoms with E-state index in [1.807, 2.05) is 14.1 Å². The van der Waals surface area contributed by atoms with Crippen LogP contribution >= 0.6 is 12.4 Å². The highest BCUT2D eigenvalue weighted by molar-refractivity contribution is 5.85. The van der Waals surface area contributed by atoms with Crippen LogP contribution in [-0.4, -0.2) is 48.8 Å². The van der Waals surface area contributed by atoms with Crippen molar-refractivity contribution in [3.63, 3.8) is 0 Å². The number of carbonyl (C=O) groups is 1. The maximum atomic E-state index is 12.4. The molecule has 22 heavy (non-hydrogen) atoms. The predicted octanol–water partition coefficient (Wildman–Crippen LogP) is 2.42. The molecule has 0 aromatic heterocycles. The molecule has 124 valence electrons. The summed E-state index contributed by atoms with van der Waals surface area (Å²) in [6, 6.07) is 0. The van der Waals surface area contributed by atoms with Gasteiger partial charge in [-0.2, -0.15) is 0 Å². The molecule has 0 bridgehead atoms. The Hall–Kier alpha value is -0.580. The van der Waals surface area contributed by atoms with Crippen molar-refractivity contribution in [3.8, 4) is 0 Å². The predicted molar refractivity (Wildman–Crippen MR) is 86.0 cm³/mol. The highest BCUT2D eigenvalue weighted by atomic mass is 35.5. The second kappa shape index (κ2) is 4.96. The van der Waals surface area contributed by atoms with Crippen molar-refractivity contribution in [1.29, 1.82) is 0 Å². The van der Waals surface area contributed by atoms with Gasteiger partial charge in [0.05, 0.1) is 11.5 Å². The standard InChI is InChI=1S/C17H25NO3.ClH/c1-10-5-8-17-13(10)14-11(6-7-16(17,2)21-17)12(9-18(3)4)15(19)20-14;/h5,11-14H,6-9H2,1-4H3;1H/t11-,12?,13+,14-,16-,17+;/m0./s1. The molecule has 0 aromatic carbocycles. The van der Waals surface area contributed by atoms with Gasteiger partial charge in [0.25, 0.3) is 0 Å². The van der Waals surface area contributed by atoms with Gasteiger partial charge in [-0.15, -0.1) is 12.4 Å². The molecule has 0 amide bonds. The van der Waals surface area contributed by atoms with E-state index >= 15 is 0 Å². The zero-order chi connectivity index (χ0) is 15.0. The van der Waals surface area contributed by atoms with Gasteiger partial charge < -0.3 is 14.4 Å². The van der Waals surface area contributed by atoms with Gasteiger partial charge in [0.2, 0.25) is 0 Å². The summed E-state index contributed by atoms with van der Waals surface area (Å²) in [6.07, 6.45) is 5.39. The lowest BCUT2D eigenvalue weighted by Crippen LogP contribution is -2.38. The second-order valence-corrected chi connectivity index (χ2v) is 7.83. The van der Waals surface area contributed by atoms with Crippen molar-refractivity contribution in [3.05, 3.63) is 11.6 Å². The average molecular weight is 328 g/mol. The topological polar surface area (TPSA) is 42.1 Å². The Morgan fingerprint density at radius 2 is 2.14 bits per heavy atom. The first-order valence-electron chi connectivity index (χ1n) is 8.10. The minimum atomic E-state index is -0.0796. The fourth-order valence-electron chi connectivity index (χ4n) is 5.19. The van der Waals surface area contributed by atoms with E-state index in [1.54, 1.807) is 0 Å². The van der Waals surface area contributed by atoms with Gasteiger partial charge >= 0.3 is 5.97 Å². The first kappa shape index (κ1) is 16.3. The molecule has 2 saturated heterocycles. The van der Waals surface area contributed by atoms with E-state index in [0.717, 1.165) is 25.8 Å². The molecule has 3 fully saturated rings. The third kappa shape index (κ3) is 1.93. The van der Waals surface area contributed by atoms with Crippen LogP contribution in [0.15, 0.2) is 11.6 Å². The van der Waals surface area contributed by atoms with Gasteiger partial charge in [0.15, 0.2) is 0 Å². The minimum Gasteiger partial charge on any atom is -0.461 e. The molecule has 1 unspecified atom stereocenters. The van der Waals surface area contributed by atoms with Crippen LogP contribution in [-0.2, 0) is 14.3 Å². The number of halogens is 1. The Morgan fingerprint density at radius 3 is 2.82 bits per heavy atom. The lowest BCUT2D eigenvalue weighted by molar-refractivity contribution is -0.146. The number of hydrogen-bond acceptors (Lipinski definition) is 4. The Bertz CT molecular complexity index is 534. The van der Waals surface area contributed by atoms with Crippen molar-refractivity contribution in [1.82, 2.24) is 4.90 Å². The van der Waals surface area contributed by atoms with Gasteiger partial charge in [0.1, 0.15) is 11.7 Å². The number of ether oxygens (including phenoxy) is 2. The molecule has 4 rings (SSSR count). The van der Waals surface area contributed by atoms with E-state index in [9.17, 15) is 4.79 Å². The van der Waals surface area contributed by atoms with E-state index in [2.05, 4.69) is 24.8 Å². The summed E-state index contributed by atoms with van der Waals surface area (Å²) in [5.74, 6) is 0.636. The molecule has 1 spiro atoms. The zero-order valence-corrected chi connectivity index (χ0v) is 14.6. The fourth-order valence-corrected chi connectivity index (χ4v) is 5.19. The highest BCUT2D eigenvalue weighted by Gasteiger charge is 2.75. The van der Waals surface area contributed by atoms with Gasteiger partial charge in [0, 0.05) is 18.4 Å². The van der Waals surface area contributed by atoms with Gasteiger partial charge in [-0.3, -0.25) is 4.79 Å². The first-order chi connectivity index (χ1) is 9.88. The molecule has 4 nitrogen and oxygen atoms in total. The maximum Gasteiger partial charge on any atom is 0.310 e. The molecular formula is C17H26ClNO3. The number of esters is 1. The van der Waals surface area contributed by atoms with Crippen LogP contribution in [0.2, 0.25) is 0 Å². The van der Waals surface area contributed by atoms with E-state index in [-0.39, 0.29) is 47.5 Å². The summed E-state index contributed by atoms with van der Waals surface area (Å²) >= 11 is 0. The van der Waals surface area contributed by atoms with Gasteiger partial charge in [-0.25, -0.2) is 0 Å². The minimum absolute atomic E-state index is 0. The third-order valence-electron chi connectivity index (χ3n) is 6.32. The van der Waals surface area contributed by atoms with Gasteiger partial charge in [-0.05, 0) is 47.2 Å². The Morgan fingerprint density at radius 1 is 1.41 bits per heavy atom. The van der Waals surface area contributed by atoms with E-state index in [0.29, 0.717) is 5.92 Å². The van der Waals surface area contributed by atoms with Crippen LogP contribution in [0.4, 0.5) is 0 Å². The molecule has 5 heteroatoms. The first-order valence-corrected chi connectivity index (χ1v) is 8.10. The van der Waals surface area contributed by atoms with Crippen molar-refractivity contribution in [2.24, 2.45) is 17.8 Å². The quantitative estimate of drug-likeness (QED) is 0.444. The second-order valence-electron chi connectivity index (χ2n) is 7.83. The lowest BCUT2D eigenvalue weighted by Gasteiger charge is -2.28. The van der Waals surface area contributed by atoms with Crippen molar-refractivity contribution < 1.29 is 14.3 Å². The molecule has 4 aliphatic rings. The van der Waals surface area contributed by atoms with Crippen LogP contribution in [0, 0.1) is 17.8 Å². The molecule has 2 aliphatic carbocycles. The molecular weight excluding hydrogens is 302 g/mol. The van der Waals surface area contributed by atoms with Crippen LogP contribution in [0.1, 0.15) is 33.1 Å². The van der Waals surface area contributed by atoms with Gasteiger partial charge in [-0.1, -0.05) is 11.6 Å². The smallest absolute Gasteiger partial charge is 0.310 e. The van der Waals surface area contributed by atoms with Crippen molar-refractivity contribution >= 4 is 18.4 Å². The van der Waals surface area contributed by atoms with E-state index in [4.69, 9.17) is 9.47 Å². The number of nitrogens with zero attached hydrogens (tertiary/aromatic N) is 1. The maximum absolute atomic E-state index is 12.4. The Balaban J connectivity index is 0.00000144. The molecule has 2 heterocycles. The number of hydrogen-bond donors (Lipinski definition) is 0. The Kier molecular flexibility index (Phi) is 3.67. The molecule has 0 N–H and O–H groups in total. The normalized spacial score (nSPS) is 48.6. The number of epoxide rings is 1.